The van der Waals surface area contributed by atoms with Gasteiger partial charge in [0.25, 0.3) is 5.91 Å². The first kappa shape index (κ1) is 32.1. The van der Waals surface area contributed by atoms with E-state index in [0.717, 1.165) is 5.75 Å². The van der Waals surface area contributed by atoms with Gasteiger partial charge in [-0.25, -0.2) is 0 Å². The van der Waals surface area contributed by atoms with Gasteiger partial charge in [-0.2, -0.15) is 11.8 Å². The van der Waals surface area contributed by atoms with E-state index in [2.05, 4.69) is 19.2 Å². The number of aromatic hydroxyl groups is 1. The monoisotopic (exact) mass is 541 g/mol. The number of nitrogens with one attached hydrogen (secondary N) is 1. The van der Waals surface area contributed by atoms with Crippen LogP contribution in [0.4, 0.5) is 0 Å². The van der Waals surface area contributed by atoms with Crippen LogP contribution < -0.4 is 10.1 Å². The third-order valence-corrected chi connectivity index (χ3v) is 8.19. The van der Waals surface area contributed by atoms with Crippen molar-refractivity contribution in [2.75, 3.05) is 12.3 Å². The molecule has 4 nitrogen and oxygen atoms in total. The van der Waals surface area contributed by atoms with Crippen molar-refractivity contribution in [3.63, 3.8) is 0 Å². The number of thioether (sulfide) groups is 1. The number of hydrogen-bond donors (Lipinski definition) is 2. The van der Waals surface area contributed by atoms with Crippen molar-refractivity contribution in [2.24, 2.45) is 0 Å². The quantitative estimate of drug-likeness (QED) is 0.146. The molecule has 2 aromatic rings. The summed E-state index contributed by atoms with van der Waals surface area (Å²) in [6.07, 6.45) is 20.9. The summed E-state index contributed by atoms with van der Waals surface area (Å²) in [6, 6.07) is 13.7. The second kappa shape index (κ2) is 20.8. The molecule has 38 heavy (non-hydrogen) atoms. The Kier molecular flexibility index (Phi) is 17.5. The van der Waals surface area contributed by atoms with Crippen LogP contribution >= 0.6 is 11.8 Å². The van der Waals surface area contributed by atoms with Crippen molar-refractivity contribution < 1.29 is 14.6 Å². The summed E-state index contributed by atoms with van der Waals surface area (Å²) >= 11 is 1.95. The zero-order valence-electron chi connectivity index (χ0n) is 23.9. The molecule has 0 fully saturated rings. The number of amides is 1. The summed E-state index contributed by atoms with van der Waals surface area (Å²) in [5.41, 5.74) is 0.628. The molecule has 1 unspecified atom stereocenters. The van der Waals surface area contributed by atoms with Gasteiger partial charge in [0.2, 0.25) is 0 Å². The molecule has 0 aliphatic heterocycles. The van der Waals surface area contributed by atoms with Crippen LogP contribution in [-0.2, 0) is 0 Å². The smallest absolute Gasteiger partial charge is 0.251 e. The zero-order chi connectivity index (χ0) is 27.3. The molecule has 0 aliphatic carbocycles. The second-order valence-corrected chi connectivity index (χ2v) is 12.0. The Hall–Kier alpha value is -2.14. The highest BCUT2D eigenvalue weighted by atomic mass is 32.2. The Labute approximate surface area is 236 Å². The van der Waals surface area contributed by atoms with Gasteiger partial charge in [0.15, 0.2) is 0 Å². The first-order chi connectivity index (χ1) is 18.6. The minimum absolute atomic E-state index is 0.0542. The third kappa shape index (κ3) is 15.3. The summed E-state index contributed by atoms with van der Waals surface area (Å²) in [5, 5.41) is 13.0. The predicted octanol–water partition coefficient (Wildman–Crippen LogP) is 9.91. The van der Waals surface area contributed by atoms with Crippen molar-refractivity contribution in [1.29, 1.82) is 0 Å². The minimum atomic E-state index is -0.0542. The number of benzene rings is 2. The summed E-state index contributed by atoms with van der Waals surface area (Å²) in [5.74, 6) is 2.38. The van der Waals surface area contributed by atoms with Gasteiger partial charge in [0, 0.05) is 23.1 Å². The van der Waals surface area contributed by atoms with E-state index in [4.69, 9.17) is 4.74 Å². The normalized spacial score (nSPS) is 11.8. The lowest BCUT2D eigenvalue weighted by atomic mass is 10.0. The van der Waals surface area contributed by atoms with Crippen LogP contribution in [0.3, 0.4) is 0 Å². The molecule has 1 atom stereocenters. The molecule has 5 heteroatoms. The molecule has 212 valence electrons. The van der Waals surface area contributed by atoms with Crippen LogP contribution in [0.25, 0.3) is 0 Å². The largest absolute Gasteiger partial charge is 0.508 e. The van der Waals surface area contributed by atoms with Crippen LogP contribution in [0.1, 0.15) is 121 Å². The van der Waals surface area contributed by atoms with Crippen LogP contribution in [0, 0.1) is 0 Å². The van der Waals surface area contributed by atoms with Crippen molar-refractivity contribution in [3.05, 3.63) is 54.1 Å². The molecule has 0 aromatic heterocycles. The maximum atomic E-state index is 12.4. The molecule has 1 amide bonds. The van der Waals surface area contributed by atoms with Crippen molar-refractivity contribution in [2.45, 2.75) is 115 Å². The summed E-state index contributed by atoms with van der Waals surface area (Å²) in [6.45, 7) is 5.27. The first-order valence-corrected chi connectivity index (χ1v) is 16.1. The maximum absolute atomic E-state index is 12.4. The Morgan fingerprint density at radius 2 is 1.24 bits per heavy atom. The van der Waals surface area contributed by atoms with Crippen molar-refractivity contribution in [1.82, 2.24) is 5.32 Å². The van der Waals surface area contributed by atoms with E-state index in [1.54, 1.807) is 48.5 Å². The van der Waals surface area contributed by atoms with Crippen LogP contribution in [0.5, 0.6) is 17.2 Å². The highest BCUT2D eigenvalue weighted by Crippen LogP contribution is 2.24. The van der Waals surface area contributed by atoms with Crippen molar-refractivity contribution >= 4 is 17.7 Å². The highest BCUT2D eigenvalue weighted by Gasteiger charge is 2.07. The van der Waals surface area contributed by atoms with E-state index >= 15 is 0 Å². The van der Waals surface area contributed by atoms with Gasteiger partial charge in [0.05, 0.1) is 0 Å². The zero-order valence-corrected chi connectivity index (χ0v) is 24.7. The van der Waals surface area contributed by atoms with E-state index in [9.17, 15) is 9.90 Å². The van der Waals surface area contributed by atoms with E-state index < -0.39 is 0 Å². The SMILES string of the molecule is CCCCCCCCCCCCCCCCC(C)SCCNC(=O)c1ccc(Oc2ccc(O)cc2)cc1. The van der Waals surface area contributed by atoms with Gasteiger partial charge in [-0.3, -0.25) is 4.79 Å². The minimum Gasteiger partial charge on any atom is -0.508 e. The summed E-state index contributed by atoms with van der Waals surface area (Å²) < 4.78 is 5.74. The second-order valence-electron chi connectivity index (χ2n) is 10.4. The number of phenols is 1. The first-order valence-electron chi connectivity index (χ1n) is 15.0. The van der Waals surface area contributed by atoms with E-state index in [-0.39, 0.29) is 11.7 Å². The van der Waals surface area contributed by atoms with Gasteiger partial charge in [-0.1, -0.05) is 104 Å². The molecule has 0 radical (unpaired) electrons. The molecule has 0 saturated carbocycles. The lowest BCUT2D eigenvalue weighted by molar-refractivity contribution is 0.0956. The fourth-order valence-electron chi connectivity index (χ4n) is 4.56. The third-order valence-electron chi connectivity index (χ3n) is 6.94. The Balaban J connectivity index is 1.41. The van der Waals surface area contributed by atoms with E-state index in [1.807, 2.05) is 11.8 Å². The number of rotatable bonds is 22. The van der Waals surface area contributed by atoms with Gasteiger partial charge in [-0.15, -0.1) is 0 Å². The predicted molar refractivity (Wildman–Crippen MR) is 164 cm³/mol. The van der Waals surface area contributed by atoms with Crippen LogP contribution in [-0.4, -0.2) is 28.6 Å². The summed E-state index contributed by atoms with van der Waals surface area (Å²) in [4.78, 5) is 12.4. The average molecular weight is 542 g/mol. The number of phenolic OH excluding ortho intramolecular Hbond substituents is 1. The molecular formula is C33H51NO3S. The standard InChI is InChI=1S/C33H51NO3S/c1-3-4-5-6-7-8-9-10-11-12-13-14-15-16-17-28(2)38-27-26-34-33(36)29-18-22-31(23-19-29)37-32-24-20-30(35)21-25-32/h18-25,28,35H,3-17,26-27H2,1-2H3,(H,34,36). The fraction of sp³-hybridized carbons (Fsp3) is 0.606. The van der Waals surface area contributed by atoms with Gasteiger partial charge in [-0.05, 0) is 55.0 Å². The molecule has 0 aliphatic rings. The number of carbonyl (C=O) groups is 1. The maximum Gasteiger partial charge on any atom is 0.251 e. The van der Waals surface area contributed by atoms with E-state index in [1.165, 1.54) is 96.3 Å². The Morgan fingerprint density at radius 1 is 0.763 bits per heavy atom. The Morgan fingerprint density at radius 3 is 1.76 bits per heavy atom. The molecule has 0 heterocycles. The Bertz CT molecular complexity index is 854. The molecule has 0 saturated heterocycles. The van der Waals surface area contributed by atoms with Gasteiger partial charge < -0.3 is 15.2 Å². The van der Waals surface area contributed by atoms with E-state index in [0.29, 0.717) is 28.9 Å². The lowest BCUT2D eigenvalue weighted by Crippen LogP contribution is -2.26. The topological polar surface area (TPSA) is 58.6 Å². The number of unbranched alkanes of at least 4 members (excludes halogenated alkanes) is 13. The van der Waals surface area contributed by atoms with Crippen LogP contribution in [0.15, 0.2) is 48.5 Å². The molecule has 2 N–H and O–H groups in total. The highest BCUT2D eigenvalue weighted by molar-refractivity contribution is 7.99. The molecule has 0 bridgehead atoms. The molecule has 2 rings (SSSR count). The summed E-state index contributed by atoms with van der Waals surface area (Å²) in [7, 11) is 0. The average Bonchev–Trinajstić information content (AvgIpc) is 2.93. The number of carbonyl (C=O) groups excluding carboxylic acids is 1. The lowest BCUT2D eigenvalue weighted by Gasteiger charge is -2.12. The van der Waals surface area contributed by atoms with Gasteiger partial charge >= 0.3 is 0 Å². The molecule has 2 aromatic carbocycles. The number of ether oxygens (including phenoxy) is 1. The van der Waals surface area contributed by atoms with Crippen LogP contribution in [0.2, 0.25) is 0 Å². The van der Waals surface area contributed by atoms with Gasteiger partial charge in [0.1, 0.15) is 17.2 Å². The molecular weight excluding hydrogens is 490 g/mol. The number of hydrogen-bond acceptors (Lipinski definition) is 4. The molecule has 0 spiro atoms. The van der Waals surface area contributed by atoms with Crippen molar-refractivity contribution in [3.8, 4) is 17.2 Å². The fourth-order valence-corrected chi connectivity index (χ4v) is 5.52.